The van der Waals surface area contributed by atoms with Gasteiger partial charge in [-0.1, -0.05) is 12.1 Å². The zero-order valence-corrected chi connectivity index (χ0v) is 11.7. The van der Waals surface area contributed by atoms with Crippen molar-refractivity contribution in [3.63, 3.8) is 0 Å². The molecule has 1 aromatic heterocycles. The lowest BCUT2D eigenvalue weighted by atomic mass is 10.0. The molecule has 1 atom stereocenters. The van der Waals surface area contributed by atoms with Crippen molar-refractivity contribution < 1.29 is 9.84 Å². The highest BCUT2D eigenvalue weighted by Gasteiger charge is 2.13. The topological polar surface area (TPSA) is 29.5 Å². The Morgan fingerprint density at radius 2 is 2.00 bits per heavy atom. The molecule has 0 aliphatic carbocycles. The predicted molar refractivity (Wildman–Crippen MR) is 75.3 cm³/mol. The molecule has 2 aromatic rings. The van der Waals surface area contributed by atoms with Crippen LogP contribution in [0.5, 0.6) is 5.75 Å². The Bertz CT molecular complexity index is 503. The summed E-state index contributed by atoms with van der Waals surface area (Å²) >= 11 is 1.56. The van der Waals surface area contributed by atoms with Gasteiger partial charge in [-0.05, 0) is 55.5 Å². The molecule has 2 nitrogen and oxygen atoms in total. The summed E-state index contributed by atoms with van der Waals surface area (Å²) in [5.41, 5.74) is 1.98. The highest BCUT2D eigenvalue weighted by molar-refractivity contribution is 7.10. The number of thiophene rings is 1. The third kappa shape index (κ3) is 3.12. The largest absolute Gasteiger partial charge is 0.491 e. The molecule has 18 heavy (non-hydrogen) atoms. The molecule has 2 rings (SSSR count). The minimum atomic E-state index is -0.570. The summed E-state index contributed by atoms with van der Waals surface area (Å²) in [4.78, 5) is 0.955. The van der Waals surface area contributed by atoms with Gasteiger partial charge in [0.15, 0.2) is 0 Å². The second-order valence-corrected chi connectivity index (χ2v) is 5.64. The van der Waals surface area contributed by atoms with Gasteiger partial charge in [0, 0.05) is 4.88 Å². The lowest BCUT2D eigenvalue weighted by Crippen LogP contribution is -2.07. The van der Waals surface area contributed by atoms with Crippen LogP contribution in [0.2, 0.25) is 0 Å². The van der Waals surface area contributed by atoms with Gasteiger partial charge in [0.1, 0.15) is 11.9 Å². The summed E-state index contributed by atoms with van der Waals surface area (Å²) in [5.74, 6) is 0.815. The van der Waals surface area contributed by atoms with Crippen LogP contribution in [0.1, 0.15) is 36.0 Å². The minimum absolute atomic E-state index is 0.138. The number of ether oxygens (including phenoxy) is 1. The van der Waals surface area contributed by atoms with E-state index >= 15 is 0 Å². The first-order chi connectivity index (χ1) is 8.56. The van der Waals surface area contributed by atoms with Gasteiger partial charge >= 0.3 is 0 Å². The molecule has 96 valence electrons. The van der Waals surface area contributed by atoms with Crippen LogP contribution >= 0.6 is 11.3 Å². The fraction of sp³-hybridized carbons (Fsp3) is 0.333. The van der Waals surface area contributed by atoms with Crippen LogP contribution in [0.4, 0.5) is 0 Å². The van der Waals surface area contributed by atoms with Crippen LogP contribution in [0.3, 0.4) is 0 Å². The first-order valence-corrected chi connectivity index (χ1v) is 6.94. The lowest BCUT2D eigenvalue weighted by molar-refractivity contribution is 0.219. The minimum Gasteiger partial charge on any atom is -0.491 e. The van der Waals surface area contributed by atoms with Gasteiger partial charge in [-0.25, -0.2) is 0 Å². The first kappa shape index (κ1) is 13.1. The summed E-state index contributed by atoms with van der Waals surface area (Å²) < 4.78 is 5.70. The number of hydrogen-bond acceptors (Lipinski definition) is 3. The van der Waals surface area contributed by atoms with Gasteiger partial charge in [0.2, 0.25) is 0 Å². The van der Waals surface area contributed by atoms with Crippen molar-refractivity contribution in [2.45, 2.75) is 33.0 Å². The molecule has 0 aliphatic heterocycles. The molecule has 0 bridgehead atoms. The fourth-order valence-electron chi connectivity index (χ4n) is 1.89. The third-order valence-corrected chi connectivity index (χ3v) is 3.50. The van der Waals surface area contributed by atoms with Crippen LogP contribution in [0.15, 0.2) is 35.7 Å². The lowest BCUT2D eigenvalue weighted by Gasteiger charge is -2.15. The molecule has 0 spiro atoms. The van der Waals surface area contributed by atoms with Crippen LogP contribution in [-0.4, -0.2) is 11.2 Å². The standard InChI is InChI=1S/C15H18O2S/c1-10(2)17-13-8-11(3)7-12(9-13)15(16)14-5-4-6-18-14/h4-10,15-16H,1-3H3. The van der Waals surface area contributed by atoms with Gasteiger partial charge in [-0.3, -0.25) is 0 Å². The Hall–Kier alpha value is -1.32. The molecule has 0 saturated heterocycles. The van der Waals surface area contributed by atoms with E-state index in [4.69, 9.17) is 4.74 Å². The van der Waals surface area contributed by atoms with Crippen LogP contribution in [0, 0.1) is 6.92 Å². The van der Waals surface area contributed by atoms with E-state index in [0.717, 1.165) is 21.8 Å². The Kier molecular flexibility index (Phi) is 4.04. The smallest absolute Gasteiger partial charge is 0.120 e. The third-order valence-electron chi connectivity index (χ3n) is 2.57. The normalized spacial score (nSPS) is 12.7. The molecule has 1 heterocycles. The molecule has 0 radical (unpaired) electrons. The molecule has 1 aromatic carbocycles. The second kappa shape index (κ2) is 5.55. The van der Waals surface area contributed by atoms with Gasteiger partial charge in [0.25, 0.3) is 0 Å². The number of benzene rings is 1. The van der Waals surface area contributed by atoms with E-state index in [1.54, 1.807) is 11.3 Å². The van der Waals surface area contributed by atoms with E-state index in [1.165, 1.54) is 0 Å². The molecule has 1 unspecified atom stereocenters. The maximum Gasteiger partial charge on any atom is 0.120 e. The molecular weight excluding hydrogens is 244 g/mol. The highest BCUT2D eigenvalue weighted by atomic mass is 32.1. The fourth-order valence-corrected chi connectivity index (χ4v) is 2.62. The van der Waals surface area contributed by atoms with Crippen molar-refractivity contribution in [3.05, 3.63) is 51.7 Å². The van der Waals surface area contributed by atoms with E-state index in [1.807, 2.05) is 56.5 Å². The molecule has 0 saturated carbocycles. The van der Waals surface area contributed by atoms with E-state index in [2.05, 4.69) is 0 Å². The Morgan fingerprint density at radius 3 is 2.61 bits per heavy atom. The van der Waals surface area contributed by atoms with Gasteiger partial charge in [-0.2, -0.15) is 0 Å². The van der Waals surface area contributed by atoms with Crippen molar-refractivity contribution in [1.29, 1.82) is 0 Å². The van der Waals surface area contributed by atoms with E-state index < -0.39 is 6.10 Å². The van der Waals surface area contributed by atoms with Crippen molar-refractivity contribution in [1.82, 2.24) is 0 Å². The summed E-state index contributed by atoms with van der Waals surface area (Å²) in [6.45, 7) is 6.01. The van der Waals surface area contributed by atoms with Crippen molar-refractivity contribution in [2.75, 3.05) is 0 Å². The van der Waals surface area contributed by atoms with Gasteiger partial charge < -0.3 is 9.84 Å². The maximum absolute atomic E-state index is 10.3. The number of aliphatic hydroxyl groups is 1. The van der Waals surface area contributed by atoms with Gasteiger partial charge in [-0.15, -0.1) is 11.3 Å². The summed E-state index contributed by atoms with van der Waals surface area (Å²) in [7, 11) is 0. The van der Waals surface area contributed by atoms with Crippen molar-refractivity contribution in [2.24, 2.45) is 0 Å². The predicted octanol–water partition coefficient (Wildman–Crippen LogP) is 3.93. The number of hydrogen-bond donors (Lipinski definition) is 1. The van der Waals surface area contributed by atoms with Crippen molar-refractivity contribution >= 4 is 11.3 Å². The maximum atomic E-state index is 10.3. The van der Waals surface area contributed by atoms with E-state index in [-0.39, 0.29) is 6.10 Å². The quantitative estimate of drug-likeness (QED) is 0.904. The van der Waals surface area contributed by atoms with Crippen LogP contribution in [-0.2, 0) is 0 Å². The molecule has 0 amide bonds. The highest BCUT2D eigenvalue weighted by Crippen LogP contribution is 2.29. The average molecular weight is 262 g/mol. The summed E-state index contributed by atoms with van der Waals surface area (Å²) in [6.07, 6.45) is -0.432. The number of aliphatic hydroxyl groups excluding tert-OH is 1. The first-order valence-electron chi connectivity index (χ1n) is 6.06. The van der Waals surface area contributed by atoms with Crippen molar-refractivity contribution in [3.8, 4) is 5.75 Å². The molecule has 1 N–H and O–H groups in total. The number of aryl methyl sites for hydroxylation is 1. The Morgan fingerprint density at radius 1 is 1.22 bits per heavy atom. The molecule has 0 aliphatic rings. The Labute approximate surface area is 112 Å². The monoisotopic (exact) mass is 262 g/mol. The Balaban J connectivity index is 2.30. The number of rotatable bonds is 4. The van der Waals surface area contributed by atoms with Crippen LogP contribution in [0.25, 0.3) is 0 Å². The summed E-state index contributed by atoms with van der Waals surface area (Å²) in [6, 6.07) is 9.80. The average Bonchev–Trinajstić information content (AvgIpc) is 2.79. The van der Waals surface area contributed by atoms with E-state index in [0.29, 0.717) is 0 Å². The molecule has 0 fully saturated rings. The van der Waals surface area contributed by atoms with Gasteiger partial charge in [0.05, 0.1) is 6.10 Å². The van der Waals surface area contributed by atoms with E-state index in [9.17, 15) is 5.11 Å². The zero-order valence-electron chi connectivity index (χ0n) is 10.9. The second-order valence-electron chi connectivity index (χ2n) is 4.66. The summed E-state index contributed by atoms with van der Waals surface area (Å²) in [5, 5.41) is 12.3. The molecule has 3 heteroatoms. The zero-order chi connectivity index (χ0) is 13.1. The van der Waals surface area contributed by atoms with Crippen LogP contribution < -0.4 is 4.74 Å². The SMILES string of the molecule is Cc1cc(OC(C)C)cc(C(O)c2cccs2)c1. The molecular formula is C15H18O2S.